The van der Waals surface area contributed by atoms with Crippen LogP contribution >= 0.6 is 11.3 Å². The Morgan fingerprint density at radius 2 is 1.75 bits per heavy atom. The molecule has 2 aliphatic heterocycles. The van der Waals surface area contributed by atoms with Crippen LogP contribution in [0.15, 0.2) is 60.1 Å². The average molecular weight is 615 g/mol. The molecule has 0 amide bonds. The van der Waals surface area contributed by atoms with Gasteiger partial charge >= 0.3 is 0 Å². The van der Waals surface area contributed by atoms with Crippen LogP contribution in [0.4, 0.5) is 29.0 Å². The van der Waals surface area contributed by atoms with Crippen LogP contribution in [0.3, 0.4) is 0 Å². The first kappa shape index (κ1) is 30.3. The van der Waals surface area contributed by atoms with Crippen molar-refractivity contribution < 1.29 is 9.84 Å². The molecule has 0 radical (unpaired) electrons. The van der Waals surface area contributed by atoms with Crippen molar-refractivity contribution in [2.24, 2.45) is 0 Å². The Labute approximate surface area is 263 Å². The molecule has 0 aliphatic carbocycles. The third kappa shape index (κ3) is 6.96. The van der Waals surface area contributed by atoms with Gasteiger partial charge in [-0.05, 0) is 69.4 Å². The van der Waals surface area contributed by atoms with Gasteiger partial charge < -0.3 is 30.3 Å². The lowest BCUT2D eigenvalue weighted by molar-refractivity contribution is 0.0740. The molecular formula is C33H42N8O2S. The molecule has 2 aliphatic rings. The monoisotopic (exact) mass is 614 g/mol. The van der Waals surface area contributed by atoms with E-state index in [1.165, 1.54) is 25.9 Å². The molecule has 0 saturated carbocycles. The summed E-state index contributed by atoms with van der Waals surface area (Å²) in [6.07, 6.45) is 4.15. The summed E-state index contributed by atoms with van der Waals surface area (Å²) in [5.74, 6) is 2.50. The van der Waals surface area contributed by atoms with E-state index in [0.717, 1.165) is 53.7 Å². The number of methoxy groups -OCH3 is 1. The Bertz CT molecular complexity index is 1540. The maximum Gasteiger partial charge on any atom is 0.229 e. The fraction of sp³-hybridized carbons (Fsp3) is 0.424. The molecule has 0 unspecified atom stereocenters. The highest BCUT2D eigenvalue weighted by molar-refractivity contribution is 7.13. The molecule has 2 fully saturated rings. The van der Waals surface area contributed by atoms with Crippen LogP contribution < -0.4 is 20.3 Å². The molecule has 232 valence electrons. The number of piperazine rings is 1. The van der Waals surface area contributed by atoms with Gasteiger partial charge in [0.15, 0.2) is 0 Å². The van der Waals surface area contributed by atoms with Crippen LogP contribution in [0, 0.1) is 0 Å². The molecule has 44 heavy (non-hydrogen) atoms. The SMILES string of the molecule is COc1cc(Nc2ncc(-c3cccs3)c(Nc3cccc(C(C)(C)O)n3)n2)ccc1N1CCC(N2CCN(C)CC2)CC1. The van der Waals surface area contributed by atoms with Gasteiger partial charge in [0, 0.05) is 68.1 Å². The van der Waals surface area contributed by atoms with Gasteiger partial charge in [-0.1, -0.05) is 12.1 Å². The number of pyridine rings is 1. The number of anilines is 5. The molecule has 3 aromatic heterocycles. The van der Waals surface area contributed by atoms with Crippen LogP contribution in [0.1, 0.15) is 32.4 Å². The van der Waals surface area contributed by atoms with Gasteiger partial charge in [-0.25, -0.2) is 9.97 Å². The molecular weight excluding hydrogens is 572 g/mol. The van der Waals surface area contributed by atoms with Crippen LogP contribution in [-0.2, 0) is 5.60 Å². The van der Waals surface area contributed by atoms with Crippen LogP contribution in [0.5, 0.6) is 5.75 Å². The van der Waals surface area contributed by atoms with Gasteiger partial charge in [-0.2, -0.15) is 4.98 Å². The third-order valence-corrected chi connectivity index (χ3v) is 9.40. The van der Waals surface area contributed by atoms with Crippen molar-refractivity contribution >= 4 is 40.3 Å². The second kappa shape index (κ2) is 13.1. The highest BCUT2D eigenvalue weighted by Gasteiger charge is 2.28. The zero-order valence-electron chi connectivity index (χ0n) is 26.0. The number of aliphatic hydroxyl groups is 1. The average Bonchev–Trinajstić information content (AvgIpc) is 3.56. The van der Waals surface area contributed by atoms with E-state index in [1.54, 1.807) is 32.3 Å². The van der Waals surface area contributed by atoms with Crippen molar-refractivity contribution in [1.82, 2.24) is 24.8 Å². The summed E-state index contributed by atoms with van der Waals surface area (Å²) in [6.45, 7) is 10.1. The number of thiophene rings is 1. The Hall–Kier alpha value is -3.77. The number of nitrogens with one attached hydrogen (secondary N) is 2. The van der Waals surface area contributed by atoms with Gasteiger partial charge in [0.25, 0.3) is 0 Å². The van der Waals surface area contributed by atoms with E-state index in [4.69, 9.17) is 9.72 Å². The molecule has 0 bridgehead atoms. The largest absolute Gasteiger partial charge is 0.495 e. The molecule has 2 saturated heterocycles. The van der Waals surface area contributed by atoms with E-state index < -0.39 is 5.60 Å². The van der Waals surface area contributed by atoms with E-state index in [0.29, 0.717) is 29.3 Å². The van der Waals surface area contributed by atoms with Crippen molar-refractivity contribution in [3.63, 3.8) is 0 Å². The molecule has 1 aromatic carbocycles. The maximum atomic E-state index is 10.5. The summed E-state index contributed by atoms with van der Waals surface area (Å²) in [7, 11) is 3.94. The summed E-state index contributed by atoms with van der Waals surface area (Å²) in [5, 5.41) is 19.2. The number of piperidine rings is 1. The third-order valence-electron chi connectivity index (χ3n) is 8.49. The minimum Gasteiger partial charge on any atom is -0.495 e. The lowest BCUT2D eigenvalue weighted by Gasteiger charge is -2.42. The number of aromatic nitrogens is 3. The Kier molecular flexibility index (Phi) is 8.99. The minimum absolute atomic E-state index is 0.453. The number of hydrogen-bond donors (Lipinski definition) is 3. The van der Waals surface area contributed by atoms with E-state index >= 15 is 0 Å². The fourth-order valence-electron chi connectivity index (χ4n) is 5.92. The topological polar surface area (TPSA) is 102 Å². The predicted octanol–water partition coefficient (Wildman–Crippen LogP) is 5.54. The molecule has 0 spiro atoms. The quantitative estimate of drug-likeness (QED) is 0.223. The number of ether oxygens (including phenoxy) is 1. The molecule has 5 heterocycles. The van der Waals surface area contributed by atoms with Gasteiger partial charge in [-0.3, -0.25) is 4.90 Å². The van der Waals surface area contributed by atoms with Crippen molar-refractivity contribution in [2.75, 3.05) is 69.0 Å². The van der Waals surface area contributed by atoms with Crippen molar-refractivity contribution in [1.29, 1.82) is 0 Å². The maximum absolute atomic E-state index is 10.5. The second-order valence-corrected chi connectivity index (χ2v) is 13.0. The molecule has 11 heteroatoms. The number of likely N-dealkylation sites (N-methyl/N-ethyl adjacent to an activating group) is 1. The summed E-state index contributed by atoms with van der Waals surface area (Å²) in [6, 6.07) is 16.5. The van der Waals surface area contributed by atoms with Crippen molar-refractivity contribution in [2.45, 2.75) is 38.3 Å². The molecule has 0 atom stereocenters. The van der Waals surface area contributed by atoms with Crippen molar-refractivity contribution in [3.8, 4) is 16.2 Å². The number of hydrogen-bond acceptors (Lipinski definition) is 11. The van der Waals surface area contributed by atoms with Crippen molar-refractivity contribution in [3.05, 3.63) is 65.8 Å². The first-order valence-electron chi connectivity index (χ1n) is 15.3. The van der Waals surface area contributed by atoms with E-state index in [2.05, 4.69) is 54.5 Å². The number of nitrogens with zero attached hydrogens (tertiary/aromatic N) is 6. The highest BCUT2D eigenvalue weighted by atomic mass is 32.1. The molecule has 10 nitrogen and oxygen atoms in total. The number of benzene rings is 1. The minimum atomic E-state index is -1.06. The second-order valence-electron chi connectivity index (χ2n) is 12.1. The summed E-state index contributed by atoms with van der Waals surface area (Å²) in [5.41, 5.74) is 2.34. The van der Waals surface area contributed by atoms with Gasteiger partial charge in [-0.15, -0.1) is 11.3 Å². The summed E-state index contributed by atoms with van der Waals surface area (Å²) < 4.78 is 5.86. The lowest BCUT2D eigenvalue weighted by Crippen LogP contribution is -2.52. The first-order chi connectivity index (χ1) is 21.3. The zero-order chi connectivity index (χ0) is 30.7. The van der Waals surface area contributed by atoms with Crippen LogP contribution in [0.2, 0.25) is 0 Å². The standard InChI is InChI=1S/C33H42N8O2S/c1-33(2,42)29-8-5-9-30(36-29)37-31-25(28-7-6-20-44-28)22-34-32(38-31)35-23-10-11-26(27(21-23)43-4)41-14-12-24(13-15-41)40-18-16-39(3)17-19-40/h5-11,20-22,24,42H,12-19H2,1-4H3,(H2,34,35,36,37,38). The number of rotatable bonds is 9. The fourth-order valence-corrected chi connectivity index (χ4v) is 6.66. The van der Waals surface area contributed by atoms with E-state index in [-0.39, 0.29) is 0 Å². The van der Waals surface area contributed by atoms with Gasteiger partial charge in [0.05, 0.1) is 24.1 Å². The lowest BCUT2D eigenvalue weighted by atomic mass is 10.0. The first-order valence-corrected chi connectivity index (χ1v) is 16.2. The van der Waals surface area contributed by atoms with Gasteiger partial charge in [0.2, 0.25) is 5.95 Å². The van der Waals surface area contributed by atoms with Crippen LogP contribution in [0.25, 0.3) is 10.4 Å². The van der Waals surface area contributed by atoms with Gasteiger partial charge in [0.1, 0.15) is 23.0 Å². The molecule has 3 N–H and O–H groups in total. The Morgan fingerprint density at radius 1 is 0.955 bits per heavy atom. The predicted molar refractivity (Wildman–Crippen MR) is 179 cm³/mol. The van der Waals surface area contributed by atoms with E-state index in [1.807, 2.05) is 48.0 Å². The summed E-state index contributed by atoms with van der Waals surface area (Å²) in [4.78, 5) is 22.7. The Morgan fingerprint density at radius 3 is 2.45 bits per heavy atom. The normalized spacial score (nSPS) is 17.1. The highest BCUT2D eigenvalue weighted by Crippen LogP contribution is 2.36. The zero-order valence-corrected chi connectivity index (χ0v) is 26.8. The smallest absolute Gasteiger partial charge is 0.229 e. The molecule has 4 aromatic rings. The molecule has 6 rings (SSSR count). The Balaban J connectivity index is 1.18. The summed E-state index contributed by atoms with van der Waals surface area (Å²) >= 11 is 1.62. The van der Waals surface area contributed by atoms with E-state index in [9.17, 15) is 5.11 Å². The van der Waals surface area contributed by atoms with Crippen LogP contribution in [-0.4, -0.2) is 89.3 Å².